The maximum absolute atomic E-state index is 10.7. The van der Waals surface area contributed by atoms with Gasteiger partial charge < -0.3 is 5.11 Å². The van der Waals surface area contributed by atoms with Gasteiger partial charge in [-0.2, -0.15) is 0 Å². The summed E-state index contributed by atoms with van der Waals surface area (Å²) in [6.07, 6.45) is 9.18. The Bertz CT molecular complexity index is 1760. The molecule has 6 aromatic carbocycles. The van der Waals surface area contributed by atoms with Crippen molar-refractivity contribution in [1.29, 1.82) is 0 Å². The number of allylic oxidation sites excluding steroid dienone is 2. The lowest BCUT2D eigenvalue weighted by Gasteiger charge is -2.04. The number of aryl methyl sites for hydroxylation is 2. The zero-order valence-electron chi connectivity index (χ0n) is 24.1. The zero-order valence-corrected chi connectivity index (χ0v) is 24.1. The fourth-order valence-electron chi connectivity index (χ4n) is 5.01. The number of benzene rings is 6. The predicted octanol–water partition coefficient (Wildman–Crippen LogP) is 10.7. The highest BCUT2D eigenvalue weighted by atomic mass is 16.3. The van der Waals surface area contributed by atoms with Gasteiger partial charge in [0.1, 0.15) is 5.75 Å². The highest BCUT2D eigenvalue weighted by Gasteiger charge is 2.02. The fraction of sp³-hybridized carbons (Fsp3) is 0.103. The third kappa shape index (κ3) is 6.80. The predicted molar refractivity (Wildman–Crippen MR) is 178 cm³/mol. The molecule has 0 bridgehead atoms. The third-order valence-electron chi connectivity index (χ3n) is 7.11. The van der Waals surface area contributed by atoms with Crippen LogP contribution >= 0.6 is 0 Å². The first kappa shape index (κ1) is 29.0. The van der Waals surface area contributed by atoms with E-state index in [-0.39, 0.29) is 0 Å². The molecular weight excluding hydrogens is 500 g/mol. The van der Waals surface area contributed by atoms with E-state index in [0.29, 0.717) is 5.75 Å². The molecule has 0 aliphatic carbocycles. The molecule has 0 saturated carbocycles. The molecule has 0 fully saturated rings. The summed E-state index contributed by atoms with van der Waals surface area (Å²) in [5.74, 6) is 0.342. The Morgan fingerprint density at radius 2 is 0.829 bits per heavy atom. The van der Waals surface area contributed by atoms with Crippen molar-refractivity contribution in [3.05, 3.63) is 149 Å². The van der Waals surface area contributed by atoms with Gasteiger partial charge in [-0.3, -0.25) is 4.79 Å². The standard InChI is InChI=1S/C14H14.C13H12O.C12H10O/c1-3-6-12-10-9-11(2)13-7-4-5-8-14(12)13;1-2-5-10-8-9-13(14)12-7-4-3-6-11(10)12;1-9-6-7-10(8-13)12-5-3-2-4-11(9)12/h3-10H,1-2H3;2-9,14H,1H3;2-8H,1H3/b6-3+;5-2+;. The Labute approximate surface area is 242 Å². The third-order valence-corrected chi connectivity index (χ3v) is 7.11. The average Bonchev–Trinajstić information content (AvgIpc) is 3.01. The van der Waals surface area contributed by atoms with Gasteiger partial charge in [0, 0.05) is 10.9 Å². The summed E-state index contributed by atoms with van der Waals surface area (Å²) >= 11 is 0. The van der Waals surface area contributed by atoms with E-state index in [1.54, 1.807) is 6.07 Å². The van der Waals surface area contributed by atoms with Crippen molar-refractivity contribution in [3.63, 3.8) is 0 Å². The second-order valence-corrected chi connectivity index (χ2v) is 9.87. The highest BCUT2D eigenvalue weighted by molar-refractivity contribution is 5.99. The molecule has 41 heavy (non-hydrogen) atoms. The number of carbonyl (C=O) groups excluding carboxylic acids is 1. The van der Waals surface area contributed by atoms with Gasteiger partial charge in [0.25, 0.3) is 0 Å². The molecule has 204 valence electrons. The van der Waals surface area contributed by atoms with Crippen LogP contribution in [0.2, 0.25) is 0 Å². The topological polar surface area (TPSA) is 37.3 Å². The lowest BCUT2D eigenvalue weighted by Crippen LogP contribution is -1.85. The molecule has 0 heterocycles. The number of aldehydes is 1. The normalized spacial score (nSPS) is 10.9. The summed E-state index contributed by atoms with van der Waals surface area (Å²) in [5.41, 5.74) is 5.76. The molecule has 0 aliphatic rings. The van der Waals surface area contributed by atoms with Gasteiger partial charge in [-0.05, 0) is 82.9 Å². The molecule has 0 amide bonds. The molecule has 0 atom stereocenters. The molecular formula is C39H36O2. The van der Waals surface area contributed by atoms with Crippen molar-refractivity contribution in [2.45, 2.75) is 27.7 Å². The van der Waals surface area contributed by atoms with Crippen LogP contribution in [0.5, 0.6) is 5.75 Å². The molecule has 0 aliphatic heterocycles. The van der Waals surface area contributed by atoms with Crippen molar-refractivity contribution in [2.24, 2.45) is 0 Å². The van der Waals surface area contributed by atoms with Crippen molar-refractivity contribution in [1.82, 2.24) is 0 Å². The number of fused-ring (bicyclic) bond motifs is 3. The van der Waals surface area contributed by atoms with E-state index in [0.717, 1.165) is 39.0 Å². The van der Waals surface area contributed by atoms with Gasteiger partial charge >= 0.3 is 0 Å². The minimum atomic E-state index is 0.342. The Kier molecular flexibility index (Phi) is 9.85. The molecule has 6 aromatic rings. The molecule has 0 unspecified atom stereocenters. The van der Waals surface area contributed by atoms with Crippen LogP contribution in [-0.4, -0.2) is 11.4 Å². The Morgan fingerprint density at radius 3 is 1.29 bits per heavy atom. The average molecular weight is 537 g/mol. The maximum Gasteiger partial charge on any atom is 0.150 e. The molecule has 0 saturated heterocycles. The van der Waals surface area contributed by atoms with E-state index in [1.165, 1.54) is 27.5 Å². The molecule has 1 N–H and O–H groups in total. The minimum Gasteiger partial charge on any atom is -0.507 e. The van der Waals surface area contributed by atoms with Gasteiger partial charge in [0.2, 0.25) is 0 Å². The van der Waals surface area contributed by atoms with E-state index < -0.39 is 0 Å². The van der Waals surface area contributed by atoms with Crippen LogP contribution in [0.15, 0.2) is 121 Å². The van der Waals surface area contributed by atoms with Crippen LogP contribution in [0.25, 0.3) is 44.5 Å². The van der Waals surface area contributed by atoms with Crippen molar-refractivity contribution in [2.75, 3.05) is 0 Å². The lowest BCUT2D eigenvalue weighted by molar-refractivity contribution is 0.112. The van der Waals surface area contributed by atoms with Gasteiger partial charge in [-0.1, -0.05) is 127 Å². The molecule has 0 spiro atoms. The Morgan fingerprint density at radius 1 is 0.463 bits per heavy atom. The van der Waals surface area contributed by atoms with Crippen LogP contribution < -0.4 is 0 Å². The highest BCUT2D eigenvalue weighted by Crippen LogP contribution is 2.28. The lowest BCUT2D eigenvalue weighted by atomic mass is 10.0. The van der Waals surface area contributed by atoms with Crippen LogP contribution in [-0.2, 0) is 0 Å². The molecule has 2 heteroatoms. The Hall–Kier alpha value is -4.95. The number of aromatic hydroxyl groups is 1. The maximum atomic E-state index is 10.7. The van der Waals surface area contributed by atoms with Gasteiger partial charge in [-0.25, -0.2) is 0 Å². The first-order chi connectivity index (χ1) is 20.0. The monoisotopic (exact) mass is 536 g/mol. The number of phenols is 1. The quantitative estimate of drug-likeness (QED) is 0.228. The van der Waals surface area contributed by atoms with E-state index >= 15 is 0 Å². The summed E-state index contributed by atoms with van der Waals surface area (Å²) in [7, 11) is 0. The summed E-state index contributed by atoms with van der Waals surface area (Å²) in [4.78, 5) is 10.7. The molecule has 0 radical (unpaired) electrons. The van der Waals surface area contributed by atoms with Gasteiger partial charge in [0.15, 0.2) is 6.29 Å². The summed E-state index contributed by atoms with van der Waals surface area (Å²) in [5, 5.41) is 16.5. The number of hydrogen-bond donors (Lipinski definition) is 1. The largest absolute Gasteiger partial charge is 0.507 e. The number of phenolic OH excluding ortho intramolecular Hbond substituents is 1. The molecule has 2 nitrogen and oxygen atoms in total. The first-order valence-corrected chi connectivity index (χ1v) is 13.9. The van der Waals surface area contributed by atoms with Crippen LogP contribution in [0.3, 0.4) is 0 Å². The fourth-order valence-corrected chi connectivity index (χ4v) is 5.01. The SMILES string of the molecule is C/C=C/c1ccc(C)c2ccccc12.C/C=C/c1ccc(O)c2ccccc12.Cc1ccc(C=O)c2ccccc12. The van der Waals surface area contributed by atoms with E-state index in [1.807, 2.05) is 85.8 Å². The van der Waals surface area contributed by atoms with E-state index in [4.69, 9.17) is 0 Å². The van der Waals surface area contributed by atoms with E-state index in [2.05, 4.69) is 69.3 Å². The Balaban J connectivity index is 0.000000142. The van der Waals surface area contributed by atoms with Crippen molar-refractivity contribution in [3.8, 4) is 5.75 Å². The molecule has 6 rings (SSSR count). The van der Waals surface area contributed by atoms with Crippen molar-refractivity contribution < 1.29 is 9.90 Å². The zero-order chi connectivity index (χ0) is 29.2. The van der Waals surface area contributed by atoms with Crippen molar-refractivity contribution >= 4 is 50.8 Å². The number of carbonyl (C=O) groups is 1. The smallest absolute Gasteiger partial charge is 0.150 e. The number of hydrogen-bond acceptors (Lipinski definition) is 2. The van der Waals surface area contributed by atoms with E-state index in [9.17, 15) is 9.90 Å². The van der Waals surface area contributed by atoms with Gasteiger partial charge in [-0.15, -0.1) is 0 Å². The van der Waals surface area contributed by atoms with Crippen LogP contribution in [0.4, 0.5) is 0 Å². The minimum absolute atomic E-state index is 0.342. The summed E-state index contributed by atoms with van der Waals surface area (Å²) < 4.78 is 0. The van der Waals surface area contributed by atoms with Crippen LogP contribution in [0.1, 0.15) is 46.5 Å². The summed E-state index contributed by atoms with van der Waals surface area (Å²) in [6.45, 7) is 8.24. The molecule has 0 aromatic heterocycles. The number of rotatable bonds is 3. The van der Waals surface area contributed by atoms with Crippen LogP contribution in [0, 0.1) is 13.8 Å². The summed E-state index contributed by atoms with van der Waals surface area (Å²) in [6, 6.07) is 36.2. The second kappa shape index (κ2) is 13.9. The second-order valence-electron chi connectivity index (χ2n) is 9.87. The first-order valence-electron chi connectivity index (χ1n) is 13.9. The van der Waals surface area contributed by atoms with Gasteiger partial charge in [0.05, 0.1) is 0 Å².